The fourth-order valence-electron chi connectivity index (χ4n) is 3.83. The summed E-state index contributed by atoms with van der Waals surface area (Å²) in [5.41, 5.74) is 6.14. The van der Waals surface area contributed by atoms with Crippen LogP contribution in [0.3, 0.4) is 0 Å². The Balaban J connectivity index is 0.000000940. The van der Waals surface area contributed by atoms with Crippen LogP contribution in [0.1, 0.15) is 82.3 Å². The van der Waals surface area contributed by atoms with Gasteiger partial charge in [-0.1, -0.05) is 0 Å². The van der Waals surface area contributed by atoms with Crippen LogP contribution in [0, 0.1) is 0 Å². The first-order valence-corrected chi connectivity index (χ1v) is 15.6. The molecule has 0 aliphatic rings. The highest BCUT2D eigenvalue weighted by atomic mass is 35.5. The van der Waals surface area contributed by atoms with Crippen molar-refractivity contribution in [3.63, 3.8) is 0 Å². The average Bonchev–Trinajstić information content (AvgIpc) is 3.06. The van der Waals surface area contributed by atoms with Crippen molar-refractivity contribution in [1.82, 2.24) is 19.8 Å². The molecule has 14 heteroatoms. The number of nitrogens with two attached hydrogens (primary N) is 1. The van der Waals surface area contributed by atoms with Gasteiger partial charge >= 0.3 is 5.97 Å². The smallest absolute Gasteiger partial charge is 0.306 e. The van der Waals surface area contributed by atoms with Gasteiger partial charge in [-0.25, -0.2) is 18.7 Å². The molecular formula is C34H50ClF2N5O6. The molecule has 0 aromatic carbocycles. The second kappa shape index (κ2) is 23.3. The van der Waals surface area contributed by atoms with Gasteiger partial charge in [-0.15, -0.1) is 12.4 Å². The lowest BCUT2D eigenvalue weighted by molar-refractivity contribution is -0.154. The van der Waals surface area contributed by atoms with Gasteiger partial charge in [0, 0.05) is 44.7 Å². The zero-order valence-corrected chi connectivity index (χ0v) is 29.8. The van der Waals surface area contributed by atoms with Gasteiger partial charge in [-0.2, -0.15) is 0 Å². The van der Waals surface area contributed by atoms with Crippen molar-refractivity contribution in [2.24, 2.45) is 5.73 Å². The first-order chi connectivity index (χ1) is 22.4. The number of hydrogen-bond donors (Lipinski definition) is 1. The fraction of sp³-hybridized carbons (Fsp3) is 0.500. The van der Waals surface area contributed by atoms with Crippen LogP contribution >= 0.6 is 12.4 Å². The highest BCUT2D eigenvalue weighted by molar-refractivity contribution is 5.92. The molecule has 0 radical (unpaired) electrons. The lowest BCUT2D eigenvalue weighted by Crippen LogP contribution is -2.31. The van der Waals surface area contributed by atoms with E-state index in [1.807, 2.05) is 27.7 Å². The SMILES string of the molecule is CCN(CC)C(=O)c1ccc(OC/C(=C/F)CCC(=O)OC(C)(C)C)cn1.CCN(CC)C(=O)c1ccc(OC/C(=C/F)CN)cn1.Cl. The van der Waals surface area contributed by atoms with E-state index in [1.54, 1.807) is 54.8 Å². The predicted molar refractivity (Wildman–Crippen MR) is 184 cm³/mol. The molecule has 0 saturated carbocycles. The number of pyridine rings is 2. The Bertz CT molecular complexity index is 1310. The maximum atomic E-state index is 13.0. The van der Waals surface area contributed by atoms with E-state index >= 15 is 0 Å². The third kappa shape index (κ3) is 16.1. The molecule has 2 aromatic heterocycles. The van der Waals surface area contributed by atoms with E-state index in [0.29, 0.717) is 72.9 Å². The maximum absolute atomic E-state index is 13.0. The zero-order chi connectivity index (χ0) is 35.4. The summed E-state index contributed by atoms with van der Waals surface area (Å²) >= 11 is 0. The summed E-state index contributed by atoms with van der Waals surface area (Å²) in [5.74, 6) is 0.237. The number of amides is 2. The number of carbonyl (C=O) groups is 3. The average molecular weight is 698 g/mol. The van der Waals surface area contributed by atoms with E-state index in [4.69, 9.17) is 19.9 Å². The van der Waals surface area contributed by atoms with Crippen LogP contribution in [0.5, 0.6) is 11.5 Å². The Kier molecular flexibility index (Phi) is 21.3. The monoisotopic (exact) mass is 697 g/mol. The molecule has 0 saturated heterocycles. The summed E-state index contributed by atoms with van der Waals surface area (Å²) in [5, 5.41) is 0. The van der Waals surface area contributed by atoms with Crippen molar-refractivity contribution in [3.8, 4) is 11.5 Å². The summed E-state index contributed by atoms with van der Waals surface area (Å²) in [6.45, 7) is 15.6. The largest absolute Gasteiger partial charge is 0.488 e. The van der Waals surface area contributed by atoms with E-state index in [-0.39, 0.29) is 62.8 Å². The van der Waals surface area contributed by atoms with Crippen LogP contribution in [0.15, 0.2) is 60.5 Å². The van der Waals surface area contributed by atoms with E-state index in [1.165, 1.54) is 12.4 Å². The molecule has 0 bridgehead atoms. The molecule has 2 heterocycles. The second-order valence-electron chi connectivity index (χ2n) is 11.1. The van der Waals surface area contributed by atoms with Crippen molar-refractivity contribution >= 4 is 30.2 Å². The molecule has 2 aromatic rings. The van der Waals surface area contributed by atoms with Crippen molar-refractivity contribution < 1.29 is 37.4 Å². The van der Waals surface area contributed by atoms with Crippen LogP contribution in [0.25, 0.3) is 0 Å². The molecule has 0 spiro atoms. The predicted octanol–water partition coefficient (Wildman–Crippen LogP) is 6.09. The molecule has 0 aliphatic heterocycles. The highest BCUT2D eigenvalue weighted by Gasteiger charge is 2.17. The molecular weight excluding hydrogens is 648 g/mol. The standard InChI is InChI=1S/C20H29FN2O4.C14H20FN3O2.ClH/c1-6-23(7-2)19(25)17-10-9-16(13-22-17)26-14-15(12-21)8-11-18(24)27-20(3,4)5;1-3-18(4-2)14(19)13-6-5-12(9-17-13)20-10-11(7-15)8-16;/h9-10,12-13H,6-8,11,14H2,1-5H3;5-7,9H,3-4,8,10,16H2,1-2H3;1H/b15-12+;11-7+;. The van der Waals surface area contributed by atoms with Crippen molar-refractivity contribution in [2.45, 2.75) is 66.9 Å². The minimum atomic E-state index is -0.566. The first kappa shape index (κ1) is 43.9. The summed E-state index contributed by atoms with van der Waals surface area (Å²) in [4.78, 5) is 47.5. The number of esters is 1. The number of halogens is 3. The van der Waals surface area contributed by atoms with Gasteiger partial charge in [0.05, 0.1) is 25.1 Å². The second-order valence-corrected chi connectivity index (χ2v) is 11.1. The molecule has 2 amide bonds. The van der Waals surface area contributed by atoms with Crippen LogP contribution in [0.4, 0.5) is 8.78 Å². The number of rotatable bonds is 16. The lowest BCUT2D eigenvalue weighted by Gasteiger charge is -2.19. The van der Waals surface area contributed by atoms with Gasteiger partial charge in [0.2, 0.25) is 0 Å². The molecule has 48 heavy (non-hydrogen) atoms. The molecule has 0 aliphatic carbocycles. The Hall–Kier alpha value is -4.10. The third-order valence-electron chi connectivity index (χ3n) is 6.50. The van der Waals surface area contributed by atoms with Gasteiger partial charge < -0.3 is 29.7 Å². The summed E-state index contributed by atoms with van der Waals surface area (Å²) in [7, 11) is 0. The van der Waals surface area contributed by atoms with Gasteiger partial charge in [-0.05, 0) is 84.7 Å². The van der Waals surface area contributed by atoms with Crippen LogP contribution in [-0.2, 0) is 9.53 Å². The van der Waals surface area contributed by atoms with Gasteiger partial charge in [-0.3, -0.25) is 14.4 Å². The molecule has 2 rings (SSSR count). The van der Waals surface area contributed by atoms with Crippen molar-refractivity contribution in [2.75, 3.05) is 45.9 Å². The molecule has 11 nitrogen and oxygen atoms in total. The summed E-state index contributed by atoms with van der Waals surface area (Å²) in [6, 6.07) is 6.43. The quantitative estimate of drug-likeness (QED) is 0.207. The van der Waals surface area contributed by atoms with Crippen LogP contribution in [-0.4, -0.2) is 89.1 Å². The van der Waals surface area contributed by atoms with Gasteiger partial charge in [0.15, 0.2) is 0 Å². The zero-order valence-electron chi connectivity index (χ0n) is 29.0. The third-order valence-corrected chi connectivity index (χ3v) is 6.50. The fourth-order valence-corrected chi connectivity index (χ4v) is 3.83. The number of aromatic nitrogens is 2. The number of nitrogens with zero attached hydrogens (tertiary/aromatic N) is 4. The molecule has 0 unspecified atom stereocenters. The van der Waals surface area contributed by atoms with E-state index in [0.717, 1.165) is 0 Å². The Morgan fingerprint density at radius 1 is 0.750 bits per heavy atom. The topological polar surface area (TPSA) is 137 Å². The molecule has 0 fully saturated rings. The normalized spacial score (nSPS) is 11.4. The Morgan fingerprint density at radius 3 is 1.48 bits per heavy atom. The first-order valence-electron chi connectivity index (χ1n) is 15.6. The van der Waals surface area contributed by atoms with E-state index in [9.17, 15) is 23.2 Å². The van der Waals surface area contributed by atoms with Crippen molar-refractivity contribution in [1.29, 1.82) is 0 Å². The summed E-state index contributed by atoms with van der Waals surface area (Å²) < 4.78 is 41.3. The minimum Gasteiger partial charge on any atom is -0.488 e. The Labute approximate surface area is 288 Å². The number of ether oxygens (including phenoxy) is 3. The number of carbonyl (C=O) groups excluding carboxylic acids is 3. The minimum absolute atomic E-state index is 0. The summed E-state index contributed by atoms with van der Waals surface area (Å²) in [6.07, 6.45) is 4.04. The van der Waals surface area contributed by atoms with Crippen molar-refractivity contribution in [3.05, 3.63) is 71.9 Å². The lowest BCUT2D eigenvalue weighted by atomic mass is 10.1. The highest BCUT2D eigenvalue weighted by Crippen LogP contribution is 2.16. The molecule has 268 valence electrons. The van der Waals surface area contributed by atoms with Crippen LogP contribution in [0.2, 0.25) is 0 Å². The number of hydrogen-bond acceptors (Lipinski definition) is 9. The maximum Gasteiger partial charge on any atom is 0.306 e. The van der Waals surface area contributed by atoms with Crippen LogP contribution < -0.4 is 15.2 Å². The van der Waals surface area contributed by atoms with Gasteiger partial charge in [0.1, 0.15) is 41.7 Å². The van der Waals surface area contributed by atoms with E-state index in [2.05, 4.69) is 9.97 Å². The van der Waals surface area contributed by atoms with Gasteiger partial charge in [0.25, 0.3) is 11.8 Å². The molecule has 0 atom stereocenters. The molecule has 2 N–H and O–H groups in total. The Morgan fingerprint density at radius 2 is 1.17 bits per heavy atom. The van der Waals surface area contributed by atoms with E-state index < -0.39 is 5.60 Å².